The van der Waals surface area contributed by atoms with Gasteiger partial charge >= 0.3 is 13.7 Å². The third-order valence-electron chi connectivity index (χ3n) is 6.17. The second-order valence-electron chi connectivity index (χ2n) is 9.85. The number of hydrogen-bond acceptors (Lipinski definition) is 11. The summed E-state index contributed by atoms with van der Waals surface area (Å²) in [6, 6.07) is 7.10. The van der Waals surface area contributed by atoms with Crippen molar-refractivity contribution in [3.63, 3.8) is 0 Å². The number of esters is 1. The summed E-state index contributed by atoms with van der Waals surface area (Å²) in [7, 11) is -2.59. The number of aryl methyl sites for hydroxylation is 1. The Kier molecular flexibility index (Phi) is 8.76. The number of aliphatic hydroxyl groups excluding tert-OH is 1. The third-order valence-corrected chi connectivity index (χ3v) is 7.82. The van der Waals surface area contributed by atoms with Gasteiger partial charge in [0, 0.05) is 7.05 Å². The highest BCUT2D eigenvalue weighted by atomic mass is 31.2. The largest absolute Gasteiger partial charge is 0.462 e. The van der Waals surface area contributed by atoms with Crippen molar-refractivity contribution in [3.8, 4) is 5.75 Å². The van der Waals surface area contributed by atoms with Gasteiger partial charge in [-0.15, -0.1) is 0 Å². The van der Waals surface area contributed by atoms with Gasteiger partial charge in [0.25, 0.3) is 0 Å². The topological polar surface area (TPSA) is 159 Å². The molecule has 0 spiro atoms. The molecule has 1 unspecified atom stereocenters. The molecule has 1 aliphatic rings. The van der Waals surface area contributed by atoms with Crippen LogP contribution in [0, 0.1) is 6.92 Å². The fraction of sp³-hybridized carbons (Fsp3) is 0.520. The lowest BCUT2D eigenvalue weighted by Crippen LogP contribution is -2.41. The van der Waals surface area contributed by atoms with Gasteiger partial charge in [-0.25, -0.2) is 23.9 Å². The lowest BCUT2D eigenvalue weighted by atomic mass is 9.98. The number of carbonyl (C=O) groups excluding carboxylic acids is 1. The molecule has 1 saturated heterocycles. The average molecular weight is 581 g/mol. The number of imidazole rings is 1. The minimum absolute atomic E-state index is 0.198. The fourth-order valence-electron chi connectivity index (χ4n) is 4.23. The number of nitrogens with one attached hydrogen (secondary N) is 2. The van der Waals surface area contributed by atoms with Crippen LogP contribution < -0.4 is 14.9 Å². The molecule has 2 aromatic heterocycles. The lowest BCUT2D eigenvalue weighted by molar-refractivity contribution is -0.149. The minimum atomic E-state index is -4.26. The lowest BCUT2D eigenvalue weighted by Gasteiger charge is -2.25. The molecule has 1 aliphatic heterocycles. The molecule has 0 saturated carbocycles. The Bertz CT molecular complexity index is 1390. The zero-order valence-electron chi connectivity index (χ0n) is 23.1. The molecule has 40 heavy (non-hydrogen) atoms. The van der Waals surface area contributed by atoms with Gasteiger partial charge in [0.15, 0.2) is 28.9 Å². The van der Waals surface area contributed by atoms with E-state index in [2.05, 4.69) is 25.4 Å². The van der Waals surface area contributed by atoms with Crippen LogP contribution in [-0.2, 0) is 23.4 Å². The molecule has 1 aromatic carbocycles. The summed E-state index contributed by atoms with van der Waals surface area (Å²) >= 11 is 0. The summed E-state index contributed by atoms with van der Waals surface area (Å²) in [6.07, 6.45) is -3.34. The van der Waals surface area contributed by atoms with Crippen molar-refractivity contribution in [1.29, 1.82) is 0 Å². The molecule has 0 bridgehead atoms. The molecule has 0 aliphatic carbocycles. The summed E-state index contributed by atoms with van der Waals surface area (Å²) in [6.45, 7) is 7.13. The molecule has 0 amide bonds. The Morgan fingerprint density at radius 3 is 2.62 bits per heavy atom. The van der Waals surface area contributed by atoms with E-state index in [4.69, 9.17) is 18.5 Å². The Morgan fingerprint density at radius 2 is 1.98 bits per heavy atom. The molecule has 3 N–H and O–H groups in total. The van der Waals surface area contributed by atoms with Gasteiger partial charge in [0.1, 0.15) is 29.8 Å². The first kappa shape index (κ1) is 29.8. The van der Waals surface area contributed by atoms with E-state index in [1.165, 1.54) is 24.7 Å². The van der Waals surface area contributed by atoms with E-state index in [0.717, 1.165) is 0 Å². The molecule has 218 valence electrons. The third kappa shape index (κ3) is 6.26. The van der Waals surface area contributed by atoms with Crippen molar-refractivity contribution in [2.75, 3.05) is 19.0 Å². The van der Waals surface area contributed by atoms with Crippen molar-refractivity contribution < 1.29 is 37.4 Å². The van der Waals surface area contributed by atoms with Gasteiger partial charge in [-0.05, 0) is 46.8 Å². The Labute approximate surface area is 231 Å². The quantitative estimate of drug-likeness (QED) is 0.225. The second kappa shape index (κ2) is 11.8. The highest BCUT2D eigenvalue weighted by Crippen LogP contribution is 2.48. The zero-order chi connectivity index (χ0) is 29.2. The SMILES string of the molecule is CNc1nc(C)nc2c1ncn2[C@@H]1OC(CO[P@](=O)(N[C@H](C)C(=O)OC(C)C)Oc2ccccc2)[C@@H](O)[C@@]1(C)F. The van der Waals surface area contributed by atoms with Crippen LogP contribution in [0.15, 0.2) is 36.7 Å². The summed E-state index contributed by atoms with van der Waals surface area (Å²) in [5.74, 6) is 0.404. The predicted molar refractivity (Wildman–Crippen MR) is 143 cm³/mol. The highest BCUT2D eigenvalue weighted by molar-refractivity contribution is 7.52. The van der Waals surface area contributed by atoms with Crippen molar-refractivity contribution in [2.45, 2.75) is 70.9 Å². The molecule has 4 rings (SSSR count). The predicted octanol–water partition coefficient (Wildman–Crippen LogP) is 3.30. The maximum Gasteiger partial charge on any atom is 0.459 e. The Hall–Kier alpha value is -3.16. The number of ether oxygens (including phenoxy) is 2. The Morgan fingerprint density at radius 1 is 1.27 bits per heavy atom. The fourth-order valence-corrected chi connectivity index (χ4v) is 5.73. The maximum atomic E-state index is 16.0. The number of fused-ring (bicyclic) bond motifs is 1. The molecular weight excluding hydrogens is 546 g/mol. The molecule has 15 heteroatoms. The number of hydrogen-bond donors (Lipinski definition) is 3. The van der Waals surface area contributed by atoms with Crippen molar-refractivity contribution in [2.24, 2.45) is 0 Å². The second-order valence-corrected chi connectivity index (χ2v) is 11.5. The van der Waals surface area contributed by atoms with Crippen LogP contribution in [-0.4, -0.2) is 74.3 Å². The number of benzene rings is 1. The van der Waals surface area contributed by atoms with Crippen LogP contribution in [0.3, 0.4) is 0 Å². The number of nitrogens with zero attached hydrogens (tertiary/aromatic N) is 4. The summed E-state index contributed by atoms with van der Waals surface area (Å²) < 4.78 is 53.4. The maximum absolute atomic E-state index is 16.0. The zero-order valence-corrected chi connectivity index (χ0v) is 24.0. The first-order chi connectivity index (χ1) is 18.8. The van der Waals surface area contributed by atoms with Crippen LogP contribution in [0.5, 0.6) is 5.75 Å². The van der Waals surface area contributed by atoms with E-state index in [9.17, 15) is 14.5 Å². The van der Waals surface area contributed by atoms with Gasteiger partial charge in [-0.2, -0.15) is 5.09 Å². The number of carbonyl (C=O) groups is 1. The van der Waals surface area contributed by atoms with E-state index < -0.39 is 56.6 Å². The summed E-state index contributed by atoms with van der Waals surface area (Å²) in [5, 5.41) is 16.4. The van der Waals surface area contributed by atoms with Crippen molar-refractivity contribution in [3.05, 3.63) is 42.5 Å². The average Bonchev–Trinajstić information content (AvgIpc) is 3.40. The van der Waals surface area contributed by atoms with E-state index in [1.54, 1.807) is 58.2 Å². The minimum Gasteiger partial charge on any atom is -0.462 e. The van der Waals surface area contributed by atoms with Gasteiger partial charge < -0.3 is 24.4 Å². The molecule has 0 radical (unpaired) electrons. The van der Waals surface area contributed by atoms with E-state index in [1.807, 2.05) is 0 Å². The van der Waals surface area contributed by atoms with Gasteiger partial charge in [-0.3, -0.25) is 13.9 Å². The molecular formula is C25H34FN6O7P. The standard InChI is InChI=1S/C25H34FN6O7P/c1-14(2)37-23(34)15(3)31-40(35,39-17-10-8-7-9-11-17)36-12-18-20(33)25(5,26)24(38-18)32-13-28-19-21(27-6)29-16(4)30-22(19)32/h7-11,13-15,18,20,24,33H,12H2,1-6H3,(H,31,35)(H,27,29,30)/t15-,18?,20-,24-,25-,40-/m1/s1. The number of halogens is 1. The molecule has 13 nitrogen and oxygen atoms in total. The smallest absolute Gasteiger partial charge is 0.459 e. The molecule has 1 fully saturated rings. The van der Waals surface area contributed by atoms with Crippen molar-refractivity contribution >= 4 is 30.7 Å². The van der Waals surface area contributed by atoms with Crippen LogP contribution in [0.4, 0.5) is 10.2 Å². The van der Waals surface area contributed by atoms with Gasteiger partial charge in [0.05, 0.1) is 19.0 Å². The van der Waals surface area contributed by atoms with Crippen LogP contribution in [0.25, 0.3) is 11.2 Å². The number of anilines is 1. The normalized spacial score (nSPS) is 25.1. The molecule has 3 heterocycles. The van der Waals surface area contributed by atoms with Crippen molar-refractivity contribution in [1.82, 2.24) is 24.6 Å². The first-order valence-corrected chi connectivity index (χ1v) is 14.3. The molecule has 3 aromatic rings. The number of aromatic nitrogens is 4. The van der Waals surface area contributed by atoms with E-state index in [-0.39, 0.29) is 5.75 Å². The number of aliphatic hydroxyl groups is 1. The van der Waals surface area contributed by atoms with E-state index >= 15 is 4.39 Å². The van der Waals surface area contributed by atoms with Crippen LogP contribution in [0.1, 0.15) is 39.7 Å². The summed E-state index contributed by atoms with van der Waals surface area (Å²) in [5.41, 5.74) is -1.61. The monoisotopic (exact) mass is 580 g/mol. The van der Waals surface area contributed by atoms with Gasteiger partial charge in [0.2, 0.25) is 0 Å². The summed E-state index contributed by atoms with van der Waals surface area (Å²) in [4.78, 5) is 25.3. The van der Waals surface area contributed by atoms with Crippen LogP contribution in [0.2, 0.25) is 0 Å². The highest BCUT2D eigenvalue weighted by Gasteiger charge is 2.56. The van der Waals surface area contributed by atoms with Gasteiger partial charge in [-0.1, -0.05) is 18.2 Å². The number of rotatable bonds is 11. The number of para-hydroxylation sites is 1. The molecule has 6 atom stereocenters. The number of alkyl halides is 1. The van der Waals surface area contributed by atoms with E-state index in [0.29, 0.717) is 22.8 Å². The van der Waals surface area contributed by atoms with Crippen LogP contribution >= 0.6 is 7.75 Å². The Balaban J connectivity index is 1.56. The first-order valence-electron chi connectivity index (χ1n) is 12.7.